The van der Waals surface area contributed by atoms with Crippen LogP contribution in [0.3, 0.4) is 0 Å². The van der Waals surface area contributed by atoms with E-state index in [4.69, 9.17) is 40.5 Å². The lowest BCUT2D eigenvalue weighted by molar-refractivity contribution is 1.45. The van der Waals surface area contributed by atoms with E-state index in [9.17, 15) is 0 Å². The molecular weight excluding hydrogens is 230 g/mol. The summed E-state index contributed by atoms with van der Waals surface area (Å²) >= 11 is 16.9. The Morgan fingerprint density at radius 1 is 1.31 bits per heavy atom. The number of hydrogen-bond donors (Lipinski definition) is 1. The zero-order valence-electron chi connectivity index (χ0n) is 6.60. The molecule has 70 valence electrons. The Bertz CT molecular complexity index is 336. The van der Waals surface area contributed by atoms with Gasteiger partial charge in [-0.15, -0.1) is 11.6 Å². The predicted octanol–water partition coefficient (Wildman–Crippen LogP) is 3.22. The first-order valence-corrected chi connectivity index (χ1v) is 4.76. The molecule has 0 bridgehead atoms. The van der Waals surface area contributed by atoms with Crippen molar-refractivity contribution < 1.29 is 0 Å². The molecule has 1 aromatic rings. The molecular formula is C8H7Cl3N2. The van der Waals surface area contributed by atoms with Crippen LogP contribution in [-0.4, -0.2) is 11.7 Å². The summed E-state index contributed by atoms with van der Waals surface area (Å²) in [5, 5.41) is 0.940. The van der Waals surface area contributed by atoms with E-state index in [0.717, 1.165) is 0 Å². The lowest BCUT2D eigenvalue weighted by Gasteiger charge is -1.98. The number of hydrogen-bond acceptors (Lipinski definition) is 1. The van der Waals surface area contributed by atoms with E-state index < -0.39 is 0 Å². The van der Waals surface area contributed by atoms with Gasteiger partial charge in [-0.3, -0.25) is 0 Å². The van der Waals surface area contributed by atoms with Crippen molar-refractivity contribution in [1.82, 2.24) is 0 Å². The fourth-order valence-electron chi connectivity index (χ4n) is 0.750. The topological polar surface area (TPSA) is 38.4 Å². The summed E-state index contributed by atoms with van der Waals surface area (Å²) in [5.41, 5.74) is 6.08. The van der Waals surface area contributed by atoms with Crippen molar-refractivity contribution in [3.05, 3.63) is 28.2 Å². The SMILES string of the molecule is NC(CCl)=Nc1ccc(Cl)c(Cl)c1. The van der Waals surface area contributed by atoms with E-state index in [-0.39, 0.29) is 5.88 Å². The summed E-state index contributed by atoms with van der Waals surface area (Å²) in [6.07, 6.45) is 0. The number of nitrogens with zero attached hydrogens (tertiary/aromatic N) is 1. The molecule has 0 aliphatic carbocycles. The molecule has 0 saturated heterocycles. The average molecular weight is 238 g/mol. The first-order chi connectivity index (χ1) is 6.13. The maximum Gasteiger partial charge on any atom is 0.115 e. The highest BCUT2D eigenvalue weighted by Gasteiger charge is 1.98. The molecule has 13 heavy (non-hydrogen) atoms. The molecule has 0 heterocycles. The van der Waals surface area contributed by atoms with Crippen LogP contribution in [-0.2, 0) is 0 Å². The number of benzene rings is 1. The number of nitrogens with two attached hydrogens (primary N) is 1. The number of amidine groups is 1. The molecule has 1 rings (SSSR count). The molecule has 0 saturated carbocycles. The Morgan fingerprint density at radius 2 is 2.00 bits per heavy atom. The van der Waals surface area contributed by atoms with Gasteiger partial charge in [-0.05, 0) is 18.2 Å². The molecule has 1 aromatic carbocycles. The van der Waals surface area contributed by atoms with E-state index in [0.29, 0.717) is 21.6 Å². The zero-order chi connectivity index (χ0) is 9.84. The molecule has 2 N–H and O–H groups in total. The van der Waals surface area contributed by atoms with Crippen LogP contribution < -0.4 is 5.73 Å². The Hall–Kier alpha value is -0.440. The van der Waals surface area contributed by atoms with Crippen LogP contribution in [0.15, 0.2) is 23.2 Å². The van der Waals surface area contributed by atoms with Gasteiger partial charge in [-0.2, -0.15) is 0 Å². The second-order valence-electron chi connectivity index (χ2n) is 2.34. The molecule has 0 aliphatic heterocycles. The smallest absolute Gasteiger partial charge is 0.115 e. The molecule has 0 atom stereocenters. The number of rotatable bonds is 2. The van der Waals surface area contributed by atoms with Crippen molar-refractivity contribution in [3.8, 4) is 0 Å². The van der Waals surface area contributed by atoms with Gasteiger partial charge in [0.1, 0.15) is 5.84 Å². The van der Waals surface area contributed by atoms with Crippen molar-refractivity contribution in [2.45, 2.75) is 0 Å². The monoisotopic (exact) mass is 236 g/mol. The molecule has 0 unspecified atom stereocenters. The van der Waals surface area contributed by atoms with Gasteiger partial charge in [0, 0.05) is 0 Å². The Kier molecular flexibility index (Phi) is 3.85. The first kappa shape index (κ1) is 10.6. The molecule has 0 fully saturated rings. The second kappa shape index (κ2) is 4.70. The number of alkyl halides is 1. The van der Waals surface area contributed by atoms with Crippen LogP contribution in [0.1, 0.15) is 0 Å². The maximum atomic E-state index is 5.77. The molecule has 0 radical (unpaired) electrons. The molecule has 5 heteroatoms. The van der Waals surface area contributed by atoms with E-state index in [1.807, 2.05) is 0 Å². The largest absolute Gasteiger partial charge is 0.386 e. The van der Waals surface area contributed by atoms with Gasteiger partial charge in [0.2, 0.25) is 0 Å². The van der Waals surface area contributed by atoms with E-state index >= 15 is 0 Å². The highest BCUT2D eigenvalue weighted by molar-refractivity contribution is 6.42. The van der Waals surface area contributed by atoms with Crippen molar-refractivity contribution in [1.29, 1.82) is 0 Å². The van der Waals surface area contributed by atoms with Crippen LogP contribution in [0, 0.1) is 0 Å². The lowest BCUT2D eigenvalue weighted by atomic mass is 10.3. The molecule has 0 aliphatic rings. The Labute approximate surface area is 91.3 Å². The van der Waals surface area contributed by atoms with Gasteiger partial charge < -0.3 is 5.73 Å². The van der Waals surface area contributed by atoms with Gasteiger partial charge in [0.25, 0.3) is 0 Å². The fraction of sp³-hybridized carbons (Fsp3) is 0.125. The summed E-state index contributed by atoms with van der Waals surface area (Å²) in [4.78, 5) is 4.00. The van der Waals surface area contributed by atoms with Crippen molar-refractivity contribution in [2.75, 3.05) is 5.88 Å². The zero-order valence-corrected chi connectivity index (χ0v) is 8.87. The molecule has 2 nitrogen and oxygen atoms in total. The minimum atomic E-state index is 0.195. The van der Waals surface area contributed by atoms with E-state index in [2.05, 4.69) is 4.99 Å². The normalized spacial score (nSPS) is 11.8. The Balaban J connectivity index is 2.98. The third kappa shape index (κ3) is 3.07. The first-order valence-electron chi connectivity index (χ1n) is 3.47. The van der Waals surface area contributed by atoms with Gasteiger partial charge in [-0.25, -0.2) is 4.99 Å². The molecule has 0 aromatic heterocycles. The lowest BCUT2D eigenvalue weighted by Crippen LogP contribution is -2.12. The van der Waals surface area contributed by atoms with Gasteiger partial charge in [0.05, 0.1) is 21.6 Å². The summed E-state index contributed by atoms with van der Waals surface area (Å²) < 4.78 is 0. The van der Waals surface area contributed by atoms with Crippen LogP contribution >= 0.6 is 34.8 Å². The molecule has 0 spiro atoms. The Morgan fingerprint density at radius 3 is 2.54 bits per heavy atom. The highest BCUT2D eigenvalue weighted by Crippen LogP contribution is 2.26. The van der Waals surface area contributed by atoms with Crippen molar-refractivity contribution >= 4 is 46.3 Å². The minimum absolute atomic E-state index is 0.195. The number of halogens is 3. The summed E-state index contributed by atoms with van der Waals surface area (Å²) in [6, 6.07) is 5.00. The van der Waals surface area contributed by atoms with Gasteiger partial charge >= 0.3 is 0 Å². The summed E-state index contributed by atoms with van der Waals surface area (Å²) in [6.45, 7) is 0. The van der Waals surface area contributed by atoms with Gasteiger partial charge in [0.15, 0.2) is 0 Å². The summed E-state index contributed by atoms with van der Waals surface area (Å²) in [5.74, 6) is 0.542. The van der Waals surface area contributed by atoms with Crippen molar-refractivity contribution in [3.63, 3.8) is 0 Å². The van der Waals surface area contributed by atoms with Crippen LogP contribution in [0.25, 0.3) is 0 Å². The molecule has 0 amide bonds. The predicted molar refractivity (Wildman–Crippen MR) is 58.5 cm³/mol. The van der Waals surface area contributed by atoms with Crippen LogP contribution in [0.4, 0.5) is 5.69 Å². The fourth-order valence-corrected chi connectivity index (χ4v) is 1.10. The summed E-state index contributed by atoms with van der Waals surface area (Å²) in [7, 11) is 0. The second-order valence-corrected chi connectivity index (χ2v) is 3.42. The quantitative estimate of drug-likeness (QED) is 0.479. The van der Waals surface area contributed by atoms with E-state index in [1.165, 1.54) is 0 Å². The van der Waals surface area contributed by atoms with Gasteiger partial charge in [-0.1, -0.05) is 23.2 Å². The standard InChI is InChI=1S/C8H7Cl3N2/c9-4-8(12)13-5-1-2-6(10)7(11)3-5/h1-3H,4H2,(H2,12,13). The van der Waals surface area contributed by atoms with Crippen molar-refractivity contribution in [2.24, 2.45) is 10.7 Å². The third-order valence-corrected chi connectivity index (χ3v) is 2.33. The number of aliphatic imine (C=N–C) groups is 1. The van der Waals surface area contributed by atoms with Crippen LogP contribution in [0.5, 0.6) is 0 Å². The average Bonchev–Trinajstić information content (AvgIpc) is 2.11. The minimum Gasteiger partial charge on any atom is -0.386 e. The third-order valence-electron chi connectivity index (χ3n) is 1.31. The maximum absolute atomic E-state index is 5.77. The van der Waals surface area contributed by atoms with E-state index in [1.54, 1.807) is 18.2 Å². The van der Waals surface area contributed by atoms with Crippen LogP contribution in [0.2, 0.25) is 10.0 Å². The highest BCUT2D eigenvalue weighted by atomic mass is 35.5.